The van der Waals surface area contributed by atoms with Crippen molar-refractivity contribution in [2.75, 3.05) is 12.4 Å². The average molecular weight is 607 g/mol. The number of aromatic nitrogens is 1. The molecule has 0 fully saturated rings. The van der Waals surface area contributed by atoms with Gasteiger partial charge in [-0.1, -0.05) is 66.4 Å². The lowest BCUT2D eigenvalue weighted by molar-refractivity contribution is -0.118. The highest BCUT2D eigenvalue weighted by molar-refractivity contribution is 9.10. The van der Waals surface area contributed by atoms with Gasteiger partial charge in [-0.2, -0.15) is 5.10 Å². The van der Waals surface area contributed by atoms with E-state index in [2.05, 4.69) is 55.7 Å². The highest BCUT2D eigenvalue weighted by atomic mass is 79.9. The van der Waals surface area contributed by atoms with Gasteiger partial charge in [-0.05, 0) is 69.0 Å². The maximum absolute atomic E-state index is 12.3. The van der Waals surface area contributed by atoms with Gasteiger partial charge in [0, 0.05) is 0 Å². The highest BCUT2D eigenvalue weighted by Gasteiger charge is 2.13. The fraction of sp³-hybridized carbons (Fsp3) is 0.138. The zero-order chi connectivity index (χ0) is 26.3. The molecule has 5 aromatic rings. The molecule has 0 saturated heterocycles. The number of thioether (sulfide) groups is 1. The van der Waals surface area contributed by atoms with Crippen LogP contribution in [0.25, 0.3) is 21.0 Å². The number of amides is 1. The van der Waals surface area contributed by atoms with E-state index in [0.29, 0.717) is 24.7 Å². The Hall–Kier alpha value is -3.40. The van der Waals surface area contributed by atoms with Crippen molar-refractivity contribution >= 4 is 72.1 Å². The van der Waals surface area contributed by atoms with Gasteiger partial charge in [0.05, 0.1) is 33.3 Å². The minimum absolute atomic E-state index is 0.204. The number of hydrogen-bond acceptors (Lipinski definition) is 7. The third-order valence-electron chi connectivity index (χ3n) is 5.59. The first-order chi connectivity index (χ1) is 18.6. The molecule has 4 aromatic carbocycles. The number of rotatable bonds is 10. The summed E-state index contributed by atoms with van der Waals surface area (Å²) in [5, 5.41) is 6.45. The number of carbonyl (C=O) groups is 1. The molecule has 0 aliphatic carbocycles. The number of ether oxygens (including phenoxy) is 2. The molecule has 0 aliphatic heterocycles. The Morgan fingerprint density at radius 2 is 1.89 bits per heavy atom. The van der Waals surface area contributed by atoms with Crippen molar-refractivity contribution in [3.8, 4) is 11.5 Å². The summed E-state index contributed by atoms with van der Waals surface area (Å²) in [6, 6.07) is 26.1. The molecule has 0 bridgehead atoms. The van der Waals surface area contributed by atoms with Crippen LogP contribution in [0.3, 0.4) is 0 Å². The number of nitrogens with one attached hydrogen (secondary N) is 1. The first-order valence-electron chi connectivity index (χ1n) is 12.0. The molecule has 38 heavy (non-hydrogen) atoms. The normalized spacial score (nSPS) is 11.3. The van der Waals surface area contributed by atoms with E-state index in [1.807, 2.05) is 61.5 Å². The summed E-state index contributed by atoms with van der Waals surface area (Å²) in [4.78, 5) is 16.8. The minimum atomic E-state index is -0.204. The molecule has 1 N–H and O–H groups in total. The molecule has 6 nitrogen and oxygen atoms in total. The third-order valence-corrected chi connectivity index (χ3v) is 8.36. The van der Waals surface area contributed by atoms with Crippen molar-refractivity contribution in [3.05, 3.63) is 94.5 Å². The van der Waals surface area contributed by atoms with Gasteiger partial charge in [0.2, 0.25) is 0 Å². The van der Waals surface area contributed by atoms with Gasteiger partial charge in [-0.15, -0.1) is 11.3 Å². The standard InChI is InChI=1S/C29H24BrN3O3S2/c1-2-35-25-15-19(16-31-33-27(34)18-37-29-32-24-12-5-6-13-26(24)38-29)14-23(30)28(25)36-17-21-10-7-9-20-8-3-4-11-22(20)21/h3-16H,2,17-18H2,1H3,(H,33,34)/b31-16-. The second-order valence-electron chi connectivity index (χ2n) is 8.22. The third kappa shape index (κ3) is 6.35. The summed E-state index contributed by atoms with van der Waals surface area (Å²) in [5.41, 5.74) is 5.38. The second kappa shape index (κ2) is 12.4. The number of thiazole rings is 1. The molecule has 0 unspecified atom stereocenters. The van der Waals surface area contributed by atoms with Crippen LogP contribution in [0.5, 0.6) is 11.5 Å². The summed E-state index contributed by atoms with van der Waals surface area (Å²) in [7, 11) is 0. The van der Waals surface area contributed by atoms with Gasteiger partial charge in [0.15, 0.2) is 15.8 Å². The second-order valence-corrected chi connectivity index (χ2v) is 11.3. The molecule has 9 heteroatoms. The number of benzene rings is 4. The molecule has 1 amide bonds. The smallest absolute Gasteiger partial charge is 0.250 e. The van der Waals surface area contributed by atoms with E-state index in [0.717, 1.165) is 35.5 Å². The van der Waals surface area contributed by atoms with Gasteiger partial charge >= 0.3 is 0 Å². The van der Waals surface area contributed by atoms with Gasteiger partial charge in [-0.25, -0.2) is 10.4 Å². The van der Waals surface area contributed by atoms with E-state index in [-0.39, 0.29) is 11.7 Å². The summed E-state index contributed by atoms with van der Waals surface area (Å²) in [6.07, 6.45) is 1.59. The number of para-hydroxylation sites is 1. The van der Waals surface area contributed by atoms with Crippen LogP contribution < -0.4 is 14.9 Å². The van der Waals surface area contributed by atoms with E-state index >= 15 is 0 Å². The number of hydrogen-bond donors (Lipinski definition) is 1. The minimum Gasteiger partial charge on any atom is -0.490 e. The maximum Gasteiger partial charge on any atom is 0.250 e. The van der Waals surface area contributed by atoms with Crippen LogP contribution in [-0.2, 0) is 11.4 Å². The van der Waals surface area contributed by atoms with Crippen LogP contribution in [0.15, 0.2) is 92.8 Å². The highest BCUT2D eigenvalue weighted by Crippen LogP contribution is 2.37. The number of carbonyl (C=O) groups excluding carboxylic acids is 1. The van der Waals surface area contributed by atoms with Crippen molar-refractivity contribution in [1.29, 1.82) is 0 Å². The average Bonchev–Trinajstić information content (AvgIpc) is 3.35. The van der Waals surface area contributed by atoms with Crippen molar-refractivity contribution in [1.82, 2.24) is 10.4 Å². The van der Waals surface area contributed by atoms with Crippen molar-refractivity contribution < 1.29 is 14.3 Å². The van der Waals surface area contributed by atoms with Crippen LogP contribution in [0.2, 0.25) is 0 Å². The SMILES string of the molecule is CCOc1cc(/C=N\NC(=O)CSc2nc3ccccc3s2)cc(Br)c1OCc1cccc2ccccc12. The van der Waals surface area contributed by atoms with Crippen LogP contribution in [0.1, 0.15) is 18.1 Å². The molecule has 192 valence electrons. The van der Waals surface area contributed by atoms with E-state index in [4.69, 9.17) is 9.47 Å². The lowest BCUT2D eigenvalue weighted by atomic mass is 10.1. The van der Waals surface area contributed by atoms with Gasteiger partial charge in [0.1, 0.15) is 6.61 Å². The molecule has 1 heterocycles. The van der Waals surface area contributed by atoms with E-state index < -0.39 is 0 Å². The van der Waals surface area contributed by atoms with Crippen LogP contribution in [0.4, 0.5) is 0 Å². The molecule has 0 saturated carbocycles. The monoisotopic (exact) mass is 605 g/mol. The van der Waals surface area contributed by atoms with Crippen LogP contribution in [-0.4, -0.2) is 29.5 Å². The van der Waals surface area contributed by atoms with Crippen molar-refractivity contribution in [3.63, 3.8) is 0 Å². The van der Waals surface area contributed by atoms with Crippen LogP contribution in [0, 0.1) is 0 Å². The molecule has 5 rings (SSSR count). The summed E-state index contributed by atoms with van der Waals surface area (Å²) < 4.78 is 14.8. The molecule has 0 spiro atoms. The Kier molecular flexibility index (Phi) is 8.58. The quantitative estimate of drug-likeness (QED) is 0.102. The zero-order valence-electron chi connectivity index (χ0n) is 20.5. The van der Waals surface area contributed by atoms with Crippen molar-refractivity contribution in [2.24, 2.45) is 5.10 Å². The van der Waals surface area contributed by atoms with Crippen LogP contribution >= 0.6 is 39.0 Å². The summed E-state index contributed by atoms with van der Waals surface area (Å²) in [6.45, 7) is 2.81. The van der Waals surface area contributed by atoms with Gasteiger partial charge in [-0.3, -0.25) is 4.79 Å². The predicted octanol–water partition coefficient (Wildman–Crippen LogP) is 7.43. The summed E-state index contributed by atoms with van der Waals surface area (Å²) >= 11 is 6.58. The number of nitrogens with zero attached hydrogens (tertiary/aromatic N) is 2. The molecule has 0 radical (unpaired) electrons. The molecular formula is C29H24BrN3O3S2. The van der Waals surface area contributed by atoms with Gasteiger partial charge in [0.25, 0.3) is 5.91 Å². The molecule has 0 aliphatic rings. The fourth-order valence-corrected chi connectivity index (χ4v) is 6.32. The number of hydrazone groups is 1. The first-order valence-corrected chi connectivity index (χ1v) is 14.6. The Balaban J connectivity index is 1.22. The molecule has 1 aromatic heterocycles. The number of halogens is 1. The lowest BCUT2D eigenvalue weighted by Crippen LogP contribution is -2.19. The van der Waals surface area contributed by atoms with E-state index in [1.165, 1.54) is 17.1 Å². The van der Waals surface area contributed by atoms with Crippen molar-refractivity contribution in [2.45, 2.75) is 17.9 Å². The first kappa shape index (κ1) is 26.2. The Labute approximate surface area is 237 Å². The Morgan fingerprint density at radius 3 is 2.76 bits per heavy atom. The van der Waals surface area contributed by atoms with E-state index in [9.17, 15) is 4.79 Å². The Bertz CT molecular complexity index is 1580. The lowest BCUT2D eigenvalue weighted by Gasteiger charge is -2.15. The predicted molar refractivity (Wildman–Crippen MR) is 160 cm³/mol. The maximum atomic E-state index is 12.3. The fourth-order valence-electron chi connectivity index (χ4n) is 3.88. The largest absolute Gasteiger partial charge is 0.490 e. The molecular weight excluding hydrogens is 582 g/mol. The zero-order valence-corrected chi connectivity index (χ0v) is 23.7. The topological polar surface area (TPSA) is 72.8 Å². The van der Waals surface area contributed by atoms with E-state index in [1.54, 1.807) is 17.6 Å². The molecule has 0 atom stereocenters. The Morgan fingerprint density at radius 1 is 1.08 bits per heavy atom. The number of fused-ring (bicyclic) bond motifs is 2. The van der Waals surface area contributed by atoms with Gasteiger partial charge < -0.3 is 9.47 Å². The summed E-state index contributed by atoms with van der Waals surface area (Å²) in [5.74, 6) is 1.24.